The highest BCUT2D eigenvalue weighted by Gasteiger charge is 2.50. The van der Waals surface area contributed by atoms with Crippen molar-refractivity contribution < 1.29 is 19.3 Å². The Morgan fingerprint density at radius 3 is 1.77 bits per heavy atom. The molecule has 2 aliphatic heterocycles. The summed E-state index contributed by atoms with van der Waals surface area (Å²) in [5.41, 5.74) is 2.25. The van der Waals surface area contributed by atoms with Gasteiger partial charge in [-0.25, -0.2) is 0 Å². The van der Waals surface area contributed by atoms with Crippen LogP contribution < -0.4 is 0 Å². The molecule has 5 rings (SSSR count). The molecule has 0 bridgehead atoms. The van der Waals surface area contributed by atoms with E-state index in [1.54, 1.807) is 7.11 Å². The van der Waals surface area contributed by atoms with Crippen molar-refractivity contribution in [2.45, 2.75) is 35.1 Å². The molecular weight excluding hydrogens is 476 g/mol. The molecule has 6 heteroatoms. The average Bonchev–Trinajstić information content (AvgIpc) is 3.26. The average molecular weight is 509 g/mol. The zero-order valence-corrected chi connectivity index (χ0v) is 21.5. The summed E-state index contributed by atoms with van der Waals surface area (Å²) < 4.78 is 19.1. The zero-order valence-electron chi connectivity index (χ0n) is 19.9. The highest BCUT2D eigenvalue weighted by molar-refractivity contribution is 8.17. The molecule has 2 saturated heterocycles. The van der Waals surface area contributed by atoms with Gasteiger partial charge in [-0.3, -0.25) is 0 Å². The topological polar surface area (TPSA) is 47.9 Å². The SMILES string of the molecule is CO[C@H]1O[C@H](COC(c2ccccc2)(c2ccccc2)c2ccccc2)[C@@H](O)[C@@H]1C1SCCCS1. The fourth-order valence-corrected chi connectivity index (χ4v) is 8.35. The molecule has 0 aliphatic carbocycles. The Hall–Kier alpha value is -1.80. The van der Waals surface area contributed by atoms with Gasteiger partial charge >= 0.3 is 0 Å². The molecule has 2 fully saturated rings. The van der Waals surface area contributed by atoms with Crippen molar-refractivity contribution in [1.82, 2.24) is 0 Å². The van der Waals surface area contributed by atoms with Gasteiger partial charge in [0.2, 0.25) is 0 Å². The molecule has 0 saturated carbocycles. The number of aliphatic hydroxyl groups is 1. The van der Waals surface area contributed by atoms with E-state index in [1.165, 1.54) is 6.42 Å². The predicted octanol–water partition coefficient (Wildman–Crippen LogP) is 5.54. The van der Waals surface area contributed by atoms with Crippen LogP contribution in [0.1, 0.15) is 23.1 Å². The van der Waals surface area contributed by atoms with Crippen molar-refractivity contribution in [2.75, 3.05) is 25.2 Å². The van der Waals surface area contributed by atoms with Gasteiger partial charge in [0, 0.05) is 7.11 Å². The number of hydrogen-bond acceptors (Lipinski definition) is 6. The third kappa shape index (κ3) is 5.06. The lowest BCUT2D eigenvalue weighted by atomic mass is 9.80. The molecule has 35 heavy (non-hydrogen) atoms. The Labute approximate surface area is 216 Å². The normalized spacial score (nSPS) is 25.5. The number of methoxy groups -OCH3 is 1. The number of benzene rings is 3. The Kier molecular flexibility index (Phi) is 8.18. The van der Waals surface area contributed by atoms with E-state index in [9.17, 15) is 5.11 Å². The van der Waals surface area contributed by atoms with Gasteiger partial charge in [0.25, 0.3) is 0 Å². The molecule has 0 radical (unpaired) electrons. The van der Waals surface area contributed by atoms with E-state index in [4.69, 9.17) is 14.2 Å². The van der Waals surface area contributed by atoms with Crippen LogP contribution in [0, 0.1) is 5.92 Å². The Balaban J connectivity index is 1.49. The second-order valence-electron chi connectivity index (χ2n) is 8.90. The first-order valence-electron chi connectivity index (χ1n) is 12.1. The molecule has 1 N–H and O–H groups in total. The van der Waals surface area contributed by atoms with Crippen molar-refractivity contribution in [3.8, 4) is 0 Å². The first-order chi connectivity index (χ1) is 17.2. The molecule has 184 valence electrons. The van der Waals surface area contributed by atoms with Gasteiger partial charge in [-0.05, 0) is 34.6 Å². The lowest BCUT2D eigenvalue weighted by Crippen LogP contribution is -2.40. The molecule has 4 atom stereocenters. The lowest BCUT2D eigenvalue weighted by Gasteiger charge is -2.37. The molecule has 3 aromatic carbocycles. The van der Waals surface area contributed by atoms with Gasteiger partial charge in [0.15, 0.2) is 6.29 Å². The maximum absolute atomic E-state index is 11.4. The number of ether oxygens (including phenoxy) is 3. The summed E-state index contributed by atoms with van der Waals surface area (Å²) in [5, 5.41) is 11.4. The fourth-order valence-electron chi connectivity index (χ4n) is 5.10. The number of thioether (sulfide) groups is 2. The second kappa shape index (κ2) is 11.5. The smallest absolute Gasteiger partial charge is 0.165 e. The van der Waals surface area contributed by atoms with E-state index < -0.39 is 24.1 Å². The zero-order chi connectivity index (χ0) is 24.1. The van der Waals surface area contributed by atoms with Crippen LogP contribution in [0.25, 0.3) is 0 Å². The first kappa shape index (κ1) is 24.9. The highest BCUT2D eigenvalue weighted by Crippen LogP contribution is 2.45. The van der Waals surface area contributed by atoms with Crippen molar-refractivity contribution in [3.05, 3.63) is 108 Å². The van der Waals surface area contributed by atoms with E-state index in [0.717, 1.165) is 28.2 Å². The largest absolute Gasteiger partial charge is 0.390 e. The molecule has 2 aliphatic rings. The van der Waals surface area contributed by atoms with Gasteiger partial charge < -0.3 is 19.3 Å². The molecule has 0 unspecified atom stereocenters. The standard InChI is InChI=1S/C29H32O4S2/c1-31-27-25(28-34-18-11-19-35-28)26(30)24(33-27)20-32-29(21-12-5-2-6-13-21,22-14-7-3-8-15-22)23-16-9-4-10-17-23/h2-10,12-17,24-28,30H,11,18-20H2,1H3/t24-,25+,26-,27+/m1/s1. The minimum atomic E-state index is -0.845. The lowest BCUT2D eigenvalue weighted by molar-refractivity contribution is -0.151. The van der Waals surface area contributed by atoms with Crippen molar-refractivity contribution in [2.24, 2.45) is 5.92 Å². The quantitative estimate of drug-likeness (QED) is 0.403. The summed E-state index contributed by atoms with van der Waals surface area (Å²) >= 11 is 3.80. The van der Waals surface area contributed by atoms with E-state index in [2.05, 4.69) is 36.4 Å². The van der Waals surface area contributed by atoms with Gasteiger partial charge in [-0.1, -0.05) is 91.0 Å². The van der Waals surface area contributed by atoms with Crippen molar-refractivity contribution in [3.63, 3.8) is 0 Å². The highest BCUT2D eigenvalue weighted by atomic mass is 32.2. The fraction of sp³-hybridized carbons (Fsp3) is 0.379. The molecule has 3 aromatic rings. The monoisotopic (exact) mass is 508 g/mol. The number of hydrogen-bond donors (Lipinski definition) is 1. The summed E-state index contributed by atoms with van der Waals surface area (Å²) in [6.45, 7) is 0.234. The van der Waals surface area contributed by atoms with Crippen LogP contribution in [0.4, 0.5) is 0 Å². The summed E-state index contributed by atoms with van der Waals surface area (Å²) in [4.78, 5) is 0. The number of rotatable bonds is 8. The molecular formula is C29H32O4S2. The van der Waals surface area contributed by atoms with Crippen molar-refractivity contribution >= 4 is 23.5 Å². The molecule has 2 heterocycles. The van der Waals surface area contributed by atoms with E-state index in [0.29, 0.717) is 0 Å². The minimum Gasteiger partial charge on any atom is -0.390 e. The summed E-state index contributed by atoms with van der Waals surface area (Å²) in [7, 11) is 1.66. The Morgan fingerprint density at radius 1 is 0.829 bits per heavy atom. The third-order valence-electron chi connectivity index (χ3n) is 6.80. The maximum atomic E-state index is 11.4. The Bertz CT molecular complexity index is 947. The molecule has 0 aromatic heterocycles. The van der Waals surface area contributed by atoms with Gasteiger partial charge in [0.1, 0.15) is 11.7 Å². The van der Waals surface area contributed by atoms with Crippen LogP contribution >= 0.6 is 23.5 Å². The molecule has 0 amide bonds. The van der Waals surface area contributed by atoms with Crippen LogP contribution in [-0.4, -0.2) is 53.4 Å². The summed E-state index contributed by atoms with van der Waals surface area (Å²) in [6, 6.07) is 30.9. The second-order valence-corrected chi connectivity index (χ2v) is 11.7. The van der Waals surface area contributed by atoms with Crippen LogP contribution in [0.5, 0.6) is 0 Å². The third-order valence-corrected chi connectivity index (χ3v) is 9.95. The van der Waals surface area contributed by atoms with Crippen LogP contribution in [0.15, 0.2) is 91.0 Å². The van der Waals surface area contributed by atoms with Crippen molar-refractivity contribution in [1.29, 1.82) is 0 Å². The number of aliphatic hydroxyl groups excluding tert-OH is 1. The summed E-state index contributed by atoms with van der Waals surface area (Å²) in [5.74, 6) is 2.12. The van der Waals surface area contributed by atoms with Gasteiger partial charge in [-0.15, -0.1) is 23.5 Å². The molecule has 4 nitrogen and oxygen atoms in total. The predicted molar refractivity (Wildman–Crippen MR) is 144 cm³/mol. The van der Waals surface area contributed by atoms with Gasteiger partial charge in [-0.2, -0.15) is 0 Å². The van der Waals surface area contributed by atoms with E-state index in [-0.39, 0.29) is 17.1 Å². The minimum absolute atomic E-state index is 0.0940. The van der Waals surface area contributed by atoms with E-state index in [1.807, 2.05) is 78.1 Å². The Morgan fingerprint density at radius 2 is 1.31 bits per heavy atom. The van der Waals surface area contributed by atoms with Crippen LogP contribution in [-0.2, 0) is 19.8 Å². The first-order valence-corrected chi connectivity index (χ1v) is 14.2. The van der Waals surface area contributed by atoms with Gasteiger partial charge in [0.05, 0.1) is 23.2 Å². The molecule has 0 spiro atoms. The van der Waals surface area contributed by atoms with E-state index >= 15 is 0 Å². The summed E-state index contributed by atoms with van der Waals surface area (Å²) in [6.07, 6.45) is -0.388. The van der Waals surface area contributed by atoms with Crippen LogP contribution in [0.3, 0.4) is 0 Å². The maximum Gasteiger partial charge on any atom is 0.165 e. The van der Waals surface area contributed by atoms with Crippen LogP contribution in [0.2, 0.25) is 0 Å².